The van der Waals surface area contributed by atoms with Crippen molar-refractivity contribution in [3.8, 4) is 0 Å². The van der Waals surface area contributed by atoms with Crippen molar-refractivity contribution < 1.29 is 0 Å². The van der Waals surface area contributed by atoms with Gasteiger partial charge in [-0.3, -0.25) is 0 Å². The van der Waals surface area contributed by atoms with Crippen molar-refractivity contribution in [1.29, 1.82) is 0 Å². The van der Waals surface area contributed by atoms with E-state index >= 15 is 0 Å². The fourth-order valence-corrected chi connectivity index (χ4v) is 2.00. The van der Waals surface area contributed by atoms with Crippen molar-refractivity contribution in [1.82, 2.24) is 9.97 Å². The number of nitrogens with zero attached hydrogens (tertiary/aromatic N) is 2. The predicted molar refractivity (Wildman–Crippen MR) is 55.6 cm³/mol. The molecule has 1 aliphatic rings. The molecule has 13 heavy (non-hydrogen) atoms. The second-order valence-corrected chi connectivity index (χ2v) is 4.16. The second-order valence-electron chi connectivity index (χ2n) is 3.35. The summed E-state index contributed by atoms with van der Waals surface area (Å²) in [5.74, 6) is 0.925. The molecule has 1 aliphatic carbocycles. The van der Waals surface area contributed by atoms with Crippen LogP contribution in [-0.4, -0.2) is 16.0 Å². The molecule has 4 heteroatoms. The van der Waals surface area contributed by atoms with Crippen molar-refractivity contribution in [2.24, 2.45) is 0 Å². The zero-order chi connectivity index (χ0) is 9.10. The standard InChI is InChI=1S/C9H12BrN3/c10-8-5-9(12-6-11-8)13-7-3-1-2-4-7/h5-7H,1-4H2,(H,11,12,13). The Hall–Kier alpha value is -0.640. The van der Waals surface area contributed by atoms with E-state index < -0.39 is 0 Å². The minimum absolute atomic E-state index is 0.613. The van der Waals surface area contributed by atoms with Crippen molar-refractivity contribution in [3.63, 3.8) is 0 Å². The average Bonchev–Trinajstić information content (AvgIpc) is 2.57. The smallest absolute Gasteiger partial charge is 0.130 e. The van der Waals surface area contributed by atoms with Gasteiger partial charge in [0.15, 0.2) is 0 Å². The van der Waals surface area contributed by atoms with E-state index in [1.54, 1.807) is 6.33 Å². The van der Waals surface area contributed by atoms with Crippen LogP contribution in [0, 0.1) is 0 Å². The van der Waals surface area contributed by atoms with E-state index in [1.807, 2.05) is 6.07 Å². The van der Waals surface area contributed by atoms with E-state index in [1.165, 1.54) is 25.7 Å². The Morgan fingerprint density at radius 1 is 1.31 bits per heavy atom. The van der Waals surface area contributed by atoms with Gasteiger partial charge in [0.25, 0.3) is 0 Å². The van der Waals surface area contributed by atoms with Crippen LogP contribution in [0.4, 0.5) is 5.82 Å². The third kappa shape index (κ3) is 2.40. The highest BCUT2D eigenvalue weighted by Gasteiger charge is 2.14. The third-order valence-electron chi connectivity index (χ3n) is 2.34. The molecule has 3 nitrogen and oxygen atoms in total. The van der Waals surface area contributed by atoms with Crippen LogP contribution >= 0.6 is 15.9 Å². The van der Waals surface area contributed by atoms with Crippen LogP contribution in [-0.2, 0) is 0 Å². The lowest BCUT2D eigenvalue weighted by molar-refractivity contribution is 0.749. The topological polar surface area (TPSA) is 37.8 Å². The zero-order valence-corrected chi connectivity index (χ0v) is 8.92. The Morgan fingerprint density at radius 2 is 2.08 bits per heavy atom. The number of halogens is 1. The highest BCUT2D eigenvalue weighted by atomic mass is 79.9. The molecule has 0 bridgehead atoms. The predicted octanol–water partition coefficient (Wildman–Crippen LogP) is 2.59. The van der Waals surface area contributed by atoms with E-state index in [2.05, 4.69) is 31.2 Å². The number of rotatable bonds is 2. The fraction of sp³-hybridized carbons (Fsp3) is 0.556. The van der Waals surface area contributed by atoms with E-state index in [4.69, 9.17) is 0 Å². The first kappa shape index (κ1) is 8.94. The summed E-state index contributed by atoms with van der Waals surface area (Å²) in [6, 6.07) is 2.53. The van der Waals surface area contributed by atoms with Gasteiger partial charge in [-0.2, -0.15) is 0 Å². The molecule has 2 rings (SSSR count). The normalized spacial score (nSPS) is 17.6. The zero-order valence-electron chi connectivity index (χ0n) is 7.33. The van der Waals surface area contributed by atoms with E-state index in [0.29, 0.717) is 6.04 Å². The summed E-state index contributed by atoms with van der Waals surface area (Å²) in [5, 5.41) is 3.40. The molecular formula is C9H12BrN3. The summed E-state index contributed by atoms with van der Waals surface area (Å²) in [7, 11) is 0. The molecule has 0 saturated heterocycles. The molecule has 0 unspecified atom stereocenters. The molecule has 1 aromatic rings. The lowest BCUT2D eigenvalue weighted by Crippen LogP contribution is -2.15. The molecule has 0 atom stereocenters. The molecular weight excluding hydrogens is 230 g/mol. The number of nitrogens with one attached hydrogen (secondary N) is 1. The molecule has 1 heterocycles. The van der Waals surface area contributed by atoms with Crippen molar-refractivity contribution in [2.75, 3.05) is 5.32 Å². The van der Waals surface area contributed by atoms with E-state index in [0.717, 1.165) is 10.4 Å². The summed E-state index contributed by atoms with van der Waals surface area (Å²) < 4.78 is 0.836. The Kier molecular flexibility index (Phi) is 2.78. The summed E-state index contributed by atoms with van der Waals surface area (Å²) in [6.45, 7) is 0. The second kappa shape index (κ2) is 4.05. The van der Waals surface area contributed by atoms with Gasteiger partial charge in [0, 0.05) is 12.1 Å². The minimum atomic E-state index is 0.613. The summed E-state index contributed by atoms with van der Waals surface area (Å²) in [5.41, 5.74) is 0. The van der Waals surface area contributed by atoms with Gasteiger partial charge in [0.05, 0.1) is 0 Å². The third-order valence-corrected chi connectivity index (χ3v) is 2.77. The summed E-state index contributed by atoms with van der Waals surface area (Å²) in [4.78, 5) is 8.13. The van der Waals surface area contributed by atoms with Crippen LogP contribution in [0.3, 0.4) is 0 Å². The average molecular weight is 242 g/mol. The summed E-state index contributed by atoms with van der Waals surface area (Å²) >= 11 is 3.32. The lowest BCUT2D eigenvalue weighted by Gasteiger charge is -2.11. The van der Waals surface area contributed by atoms with Gasteiger partial charge >= 0.3 is 0 Å². The maximum absolute atomic E-state index is 4.15. The van der Waals surface area contributed by atoms with Gasteiger partial charge in [-0.1, -0.05) is 12.8 Å². The van der Waals surface area contributed by atoms with Gasteiger partial charge < -0.3 is 5.32 Å². The molecule has 0 amide bonds. The number of aromatic nitrogens is 2. The molecule has 0 aromatic carbocycles. The van der Waals surface area contributed by atoms with Crippen LogP contribution in [0.5, 0.6) is 0 Å². The van der Waals surface area contributed by atoms with Crippen molar-refractivity contribution in [3.05, 3.63) is 17.0 Å². The number of anilines is 1. The Morgan fingerprint density at radius 3 is 2.77 bits per heavy atom. The van der Waals surface area contributed by atoms with Gasteiger partial charge in [0.2, 0.25) is 0 Å². The first-order chi connectivity index (χ1) is 6.34. The monoisotopic (exact) mass is 241 g/mol. The maximum Gasteiger partial charge on any atom is 0.130 e. The Balaban J connectivity index is 2.00. The molecule has 1 aromatic heterocycles. The fourth-order valence-electron chi connectivity index (χ4n) is 1.69. The van der Waals surface area contributed by atoms with Gasteiger partial charge in [-0.05, 0) is 28.8 Å². The van der Waals surface area contributed by atoms with Gasteiger partial charge in [-0.15, -0.1) is 0 Å². The molecule has 0 radical (unpaired) electrons. The minimum Gasteiger partial charge on any atom is -0.367 e. The van der Waals surface area contributed by atoms with Crippen LogP contribution < -0.4 is 5.32 Å². The summed E-state index contributed by atoms with van der Waals surface area (Å²) in [6.07, 6.45) is 6.78. The van der Waals surface area contributed by atoms with Crippen LogP contribution in [0.15, 0.2) is 17.0 Å². The molecule has 0 aliphatic heterocycles. The maximum atomic E-state index is 4.15. The quantitative estimate of drug-likeness (QED) is 0.810. The molecule has 0 spiro atoms. The van der Waals surface area contributed by atoms with Crippen LogP contribution in [0.2, 0.25) is 0 Å². The van der Waals surface area contributed by atoms with Crippen LogP contribution in [0.1, 0.15) is 25.7 Å². The van der Waals surface area contributed by atoms with Gasteiger partial charge in [0.1, 0.15) is 16.7 Å². The number of hydrogen-bond acceptors (Lipinski definition) is 3. The van der Waals surface area contributed by atoms with Crippen molar-refractivity contribution in [2.45, 2.75) is 31.7 Å². The van der Waals surface area contributed by atoms with E-state index in [-0.39, 0.29) is 0 Å². The van der Waals surface area contributed by atoms with Crippen molar-refractivity contribution >= 4 is 21.7 Å². The SMILES string of the molecule is Brc1cc(NC2CCCC2)ncn1. The first-order valence-electron chi connectivity index (χ1n) is 4.59. The largest absolute Gasteiger partial charge is 0.367 e. The molecule has 1 N–H and O–H groups in total. The Bertz CT molecular complexity index is 284. The van der Waals surface area contributed by atoms with E-state index in [9.17, 15) is 0 Å². The highest BCUT2D eigenvalue weighted by Crippen LogP contribution is 2.21. The number of hydrogen-bond donors (Lipinski definition) is 1. The van der Waals surface area contributed by atoms with Gasteiger partial charge in [-0.25, -0.2) is 9.97 Å². The molecule has 1 fully saturated rings. The highest BCUT2D eigenvalue weighted by molar-refractivity contribution is 9.10. The molecule has 1 saturated carbocycles. The van der Waals surface area contributed by atoms with Crippen LogP contribution in [0.25, 0.3) is 0 Å². The first-order valence-corrected chi connectivity index (χ1v) is 5.38. The molecule has 70 valence electrons. The lowest BCUT2D eigenvalue weighted by atomic mass is 10.2. The Labute approximate surface area is 86.1 Å².